The lowest BCUT2D eigenvalue weighted by Gasteiger charge is -2.17. The van der Waals surface area contributed by atoms with Crippen molar-refractivity contribution in [1.29, 1.82) is 0 Å². The molecule has 4 heterocycles. The van der Waals surface area contributed by atoms with Gasteiger partial charge >= 0.3 is 0 Å². The lowest BCUT2D eigenvalue weighted by molar-refractivity contribution is 0.279. The molecule has 0 amide bonds. The lowest BCUT2D eigenvalue weighted by atomic mass is 10.2. The van der Waals surface area contributed by atoms with Crippen molar-refractivity contribution in [3.05, 3.63) is 79.3 Å². The zero-order valence-electron chi connectivity index (χ0n) is 17.1. The van der Waals surface area contributed by atoms with E-state index < -0.39 is 0 Å². The Morgan fingerprint density at radius 2 is 1.75 bits per heavy atom. The third kappa shape index (κ3) is 3.08. The highest BCUT2D eigenvalue weighted by atomic mass is 16.5. The summed E-state index contributed by atoms with van der Waals surface area (Å²) in [5.41, 5.74) is 6.50. The average Bonchev–Trinajstić information content (AvgIpc) is 3.41. The number of hydrogen-bond donors (Lipinski definition) is 1. The molecule has 156 valence electrons. The average molecular weight is 422 g/mol. The van der Waals surface area contributed by atoms with E-state index in [1.165, 1.54) is 0 Å². The van der Waals surface area contributed by atoms with Gasteiger partial charge in [0.1, 0.15) is 29.2 Å². The van der Waals surface area contributed by atoms with Crippen LogP contribution >= 0.6 is 0 Å². The van der Waals surface area contributed by atoms with Crippen LogP contribution in [0.2, 0.25) is 0 Å². The van der Waals surface area contributed by atoms with Crippen LogP contribution in [0.5, 0.6) is 11.5 Å². The molecule has 2 aromatic carbocycles. The van der Waals surface area contributed by atoms with Crippen molar-refractivity contribution in [3.63, 3.8) is 0 Å². The van der Waals surface area contributed by atoms with Gasteiger partial charge in [0.15, 0.2) is 5.65 Å². The first-order chi connectivity index (χ1) is 15.8. The van der Waals surface area contributed by atoms with Gasteiger partial charge in [-0.3, -0.25) is 9.55 Å². The molecule has 1 aliphatic heterocycles. The Bertz CT molecular complexity index is 1460. The number of hydrogen-bond acceptors (Lipinski definition) is 8. The third-order valence-electron chi connectivity index (χ3n) is 5.16. The van der Waals surface area contributed by atoms with Crippen LogP contribution in [0.3, 0.4) is 0 Å². The Kier molecular flexibility index (Phi) is 4.19. The van der Waals surface area contributed by atoms with Crippen molar-refractivity contribution in [2.45, 2.75) is 0 Å². The fraction of sp³-hybridized carbons (Fsp3) is 0.0435. The fourth-order valence-electron chi connectivity index (χ4n) is 3.77. The zero-order valence-corrected chi connectivity index (χ0v) is 17.1. The molecule has 0 saturated carbocycles. The molecule has 0 radical (unpaired) electrons. The minimum Gasteiger partial charge on any atom is -0.457 e. The van der Waals surface area contributed by atoms with E-state index in [9.17, 15) is 0 Å². The molecule has 0 bridgehead atoms. The van der Waals surface area contributed by atoms with Crippen LogP contribution < -0.4 is 15.3 Å². The second-order valence-electron chi connectivity index (χ2n) is 7.25. The van der Waals surface area contributed by atoms with Gasteiger partial charge in [-0.15, -0.1) is 10.6 Å². The van der Waals surface area contributed by atoms with Crippen LogP contribution in [0.15, 0.2) is 84.4 Å². The first-order valence-corrected chi connectivity index (χ1v) is 10.0. The summed E-state index contributed by atoms with van der Waals surface area (Å²) in [5, 5.41) is 8.59. The number of anilines is 1. The molecule has 0 saturated heterocycles. The maximum atomic E-state index is 6.21. The highest BCUT2D eigenvalue weighted by molar-refractivity contribution is 6.05. The molecule has 1 aliphatic rings. The van der Waals surface area contributed by atoms with Crippen LogP contribution in [-0.2, 0) is 0 Å². The van der Waals surface area contributed by atoms with Crippen LogP contribution in [0, 0.1) is 0 Å². The SMILES string of the molecule is CN1N=CN(c2cccc(Oc3ccc4c5nccnc5n(-c5ccccn5)c4c3)c2)N1. The highest BCUT2D eigenvalue weighted by Crippen LogP contribution is 2.33. The molecule has 0 fully saturated rings. The number of ether oxygens (including phenoxy) is 1. The Morgan fingerprint density at radius 1 is 0.844 bits per heavy atom. The predicted octanol–water partition coefficient (Wildman–Crippen LogP) is 3.88. The molecular weight excluding hydrogens is 404 g/mol. The number of nitrogens with one attached hydrogen (secondary N) is 1. The van der Waals surface area contributed by atoms with Gasteiger partial charge in [0, 0.05) is 43.2 Å². The summed E-state index contributed by atoms with van der Waals surface area (Å²) in [7, 11) is 1.83. The molecule has 0 unspecified atom stereocenters. The van der Waals surface area contributed by atoms with Gasteiger partial charge in [-0.05, 0) is 36.4 Å². The molecule has 3 aromatic heterocycles. The standard InChI is InChI=1S/C23H18N8O/c1-29-27-15-30(28-29)16-5-4-6-17(13-16)32-18-8-9-19-20(14-18)31(21-7-2-3-10-24-21)23-22(19)25-11-12-26-23/h2-15,28H,1H3. The number of pyridine rings is 1. The van der Waals surface area contributed by atoms with Crippen molar-refractivity contribution < 1.29 is 4.74 Å². The van der Waals surface area contributed by atoms with E-state index in [1.807, 2.05) is 77.3 Å². The number of rotatable bonds is 4. The smallest absolute Gasteiger partial charge is 0.165 e. The first kappa shape index (κ1) is 18.3. The number of hydrazine groups is 2. The van der Waals surface area contributed by atoms with E-state index in [-0.39, 0.29) is 0 Å². The van der Waals surface area contributed by atoms with Gasteiger partial charge < -0.3 is 4.74 Å². The number of benzene rings is 2. The summed E-state index contributed by atoms with van der Waals surface area (Å²) in [6.45, 7) is 0. The molecule has 32 heavy (non-hydrogen) atoms. The molecule has 9 nitrogen and oxygen atoms in total. The lowest BCUT2D eigenvalue weighted by Crippen LogP contribution is -2.38. The first-order valence-electron chi connectivity index (χ1n) is 10.0. The van der Waals surface area contributed by atoms with Gasteiger partial charge in [-0.25, -0.2) is 20.1 Å². The summed E-state index contributed by atoms with van der Waals surface area (Å²) < 4.78 is 8.21. The van der Waals surface area contributed by atoms with Gasteiger partial charge in [0.2, 0.25) is 0 Å². The fourth-order valence-corrected chi connectivity index (χ4v) is 3.77. The van der Waals surface area contributed by atoms with Gasteiger partial charge in [0.25, 0.3) is 0 Å². The molecule has 5 aromatic rings. The van der Waals surface area contributed by atoms with Gasteiger partial charge in [0.05, 0.1) is 11.2 Å². The van der Waals surface area contributed by atoms with E-state index in [1.54, 1.807) is 30.0 Å². The molecule has 0 spiro atoms. The van der Waals surface area contributed by atoms with E-state index in [0.29, 0.717) is 11.5 Å². The van der Waals surface area contributed by atoms with E-state index >= 15 is 0 Å². The Hall–Kier alpha value is -4.50. The zero-order chi connectivity index (χ0) is 21.5. The molecule has 1 N–H and O–H groups in total. The second-order valence-corrected chi connectivity index (χ2v) is 7.25. The Morgan fingerprint density at radius 3 is 2.59 bits per heavy atom. The van der Waals surface area contributed by atoms with Crippen molar-refractivity contribution in [3.8, 4) is 17.3 Å². The minimum atomic E-state index is 0.704. The van der Waals surface area contributed by atoms with Crippen molar-refractivity contribution in [2.75, 3.05) is 12.1 Å². The third-order valence-corrected chi connectivity index (χ3v) is 5.16. The quantitative estimate of drug-likeness (QED) is 0.471. The van der Waals surface area contributed by atoms with Crippen LogP contribution in [0.25, 0.3) is 27.9 Å². The number of hydrazone groups is 1. The predicted molar refractivity (Wildman–Crippen MR) is 123 cm³/mol. The number of fused-ring (bicyclic) bond motifs is 3. The summed E-state index contributed by atoms with van der Waals surface area (Å²) in [5.74, 6) is 2.19. The van der Waals surface area contributed by atoms with E-state index in [4.69, 9.17) is 4.74 Å². The Labute approximate surface area is 183 Å². The molecule has 6 rings (SSSR count). The highest BCUT2D eigenvalue weighted by Gasteiger charge is 2.16. The van der Waals surface area contributed by atoms with Crippen LogP contribution in [0.4, 0.5) is 5.69 Å². The number of aromatic nitrogens is 4. The molecule has 0 atom stereocenters. The number of nitrogens with zero attached hydrogens (tertiary/aromatic N) is 7. The second kappa shape index (κ2) is 7.33. The molecular formula is C23H18N8O. The summed E-state index contributed by atoms with van der Waals surface area (Å²) in [4.78, 5) is 13.6. The maximum absolute atomic E-state index is 6.21. The van der Waals surface area contributed by atoms with Crippen LogP contribution in [0.1, 0.15) is 0 Å². The summed E-state index contributed by atoms with van der Waals surface area (Å²) >= 11 is 0. The minimum absolute atomic E-state index is 0.704. The largest absolute Gasteiger partial charge is 0.457 e. The normalized spacial score (nSPS) is 13.4. The van der Waals surface area contributed by atoms with Gasteiger partial charge in [-0.2, -0.15) is 0 Å². The Balaban J connectivity index is 1.43. The van der Waals surface area contributed by atoms with Gasteiger partial charge in [-0.1, -0.05) is 12.1 Å². The van der Waals surface area contributed by atoms with E-state index in [2.05, 4.69) is 25.6 Å². The molecule has 9 heteroatoms. The van der Waals surface area contributed by atoms with E-state index in [0.717, 1.165) is 33.6 Å². The summed E-state index contributed by atoms with van der Waals surface area (Å²) in [6, 6.07) is 19.5. The maximum Gasteiger partial charge on any atom is 0.165 e. The van der Waals surface area contributed by atoms with Crippen molar-refractivity contribution in [1.82, 2.24) is 30.2 Å². The van der Waals surface area contributed by atoms with Crippen molar-refractivity contribution in [2.24, 2.45) is 5.10 Å². The monoisotopic (exact) mass is 422 g/mol. The molecule has 0 aliphatic carbocycles. The van der Waals surface area contributed by atoms with Crippen molar-refractivity contribution >= 4 is 34.1 Å². The summed E-state index contributed by atoms with van der Waals surface area (Å²) in [6.07, 6.45) is 6.86. The van der Waals surface area contributed by atoms with Crippen LogP contribution in [-0.4, -0.2) is 38.0 Å². The topological polar surface area (TPSA) is 83.7 Å².